The van der Waals surface area contributed by atoms with Crippen LogP contribution in [0.15, 0.2) is 0 Å². The maximum absolute atomic E-state index is 2.65. The van der Waals surface area contributed by atoms with Crippen molar-refractivity contribution in [3.05, 3.63) is 0 Å². The van der Waals surface area contributed by atoms with Crippen molar-refractivity contribution in [3.63, 3.8) is 0 Å². The molecule has 0 aliphatic carbocycles. The lowest BCUT2D eigenvalue weighted by Gasteiger charge is -2.27. The molecule has 1 aliphatic rings. The molecule has 150 valence electrons. The molecule has 0 aromatic rings. The maximum atomic E-state index is 2.65. The smallest absolute Gasteiger partial charge is 0.0109 e. The molecule has 0 bridgehead atoms. The third-order valence-corrected chi connectivity index (χ3v) is 5.87. The van der Waals surface area contributed by atoms with Gasteiger partial charge in [0.25, 0.3) is 0 Å². The highest BCUT2D eigenvalue weighted by molar-refractivity contribution is 4.66. The van der Waals surface area contributed by atoms with Crippen molar-refractivity contribution in [1.29, 1.82) is 0 Å². The van der Waals surface area contributed by atoms with Crippen molar-refractivity contribution in [2.45, 2.75) is 59.8 Å². The van der Waals surface area contributed by atoms with Crippen LogP contribution < -0.4 is 0 Å². The summed E-state index contributed by atoms with van der Waals surface area (Å²) < 4.78 is 0. The normalized spacial score (nSPS) is 23.5. The molecule has 0 aromatic carbocycles. The summed E-state index contributed by atoms with van der Waals surface area (Å²) >= 11 is 0. The summed E-state index contributed by atoms with van der Waals surface area (Å²) in [6.07, 6.45) is 6.75. The summed E-state index contributed by atoms with van der Waals surface area (Å²) in [5, 5.41) is 0. The van der Waals surface area contributed by atoms with Crippen molar-refractivity contribution < 1.29 is 0 Å². The summed E-state index contributed by atoms with van der Waals surface area (Å²) in [7, 11) is 0. The van der Waals surface area contributed by atoms with Crippen LogP contribution in [0.5, 0.6) is 0 Å². The number of nitrogens with zero attached hydrogens (tertiary/aromatic N) is 4. The molecule has 0 radical (unpaired) electrons. The molecule has 0 N–H and O–H groups in total. The lowest BCUT2D eigenvalue weighted by molar-refractivity contribution is 0.193. The van der Waals surface area contributed by atoms with Gasteiger partial charge in [0.15, 0.2) is 0 Å². The van der Waals surface area contributed by atoms with E-state index in [4.69, 9.17) is 0 Å². The Morgan fingerprint density at radius 1 is 0.360 bits per heavy atom. The Kier molecular flexibility index (Phi) is 13.7. The third kappa shape index (κ3) is 10.5. The largest absolute Gasteiger partial charge is 0.304 e. The predicted octanol–water partition coefficient (Wildman–Crippen LogP) is 3.24. The fourth-order valence-corrected chi connectivity index (χ4v) is 3.88. The lowest BCUT2D eigenvalue weighted by atomic mass is 10.2. The summed E-state index contributed by atoms with van der Waals surface area (Å²) in [4.78, 5) is 10.6. The first kappa shape index (κ1) is 22.9. The Morgan fingerprint density at radius 3 is 0.960 bits per heavy atom. The Hall–Kier alpha value is -0.160. The second-order valence-electron chi connectivity index (χ2n) is 7.50. The maximum Gasteiger partial charge on any atom is 0.0109 e. The minimum atomic E-state index is 1.19. The van der Waals surface area contributed by atoms with Gasteiger partial charge in [0.2, 0.25) is 0 Å². The topological polar surface area (TPSA) is 13.0 Å². The van der Waals surface area contributed by atoms with Crippen molar-refractivity contribution >= 4 is 0 Å². The van der Waals surface area contributed by atoms with E-state index in [9.17, 15) is 0 Å². The van der Waals surface area contributed by atoms with Gasteiger partial charge in [-0.25, -0.2) is 0 Å². The van der Waals surface area contributed by atoms with E-state index < -0.39 is 0 Å². The third-order valence-electron chi connectivity index (χ3n) is 5.87. The zero-order chi connectivity index (χ0) is 18.3. The van der Waals surface area contributed by atoms with Crippen molar-refractivity contribution in [2.24, 2.45) is 0 Å². The minimum Gasteiger partial charge on any atom is -0.304 e. The number of rotatable bonds is 4. The van der Waals surface area contributed by atoms with Crippen molar-refractivity contribution in [3.8, 4) is 0 Å². The highest BCUT2D eigenvalue weighted by Crippen LogP contribution is 2.05. The molecule has 1 saturated heterocycles. The van der Waals surface area contributed by atoms with E-state index in [2.05, 4.69) is 47.3 Å². The number of likely N-dealkylation sites (N-methyl/N-ethyl adjacent to an activating group) is 2. The van der Waals surface area contributed by atoms with Gasteiger partial charge in [-0.2, -0.15) is 0 Å². The van der Waals surface area contributed by atoms with Gasteiger partial charge in [0.1, 0.15) is 0 Å². The van der Waals surface area contributed by atoms with E-state index in [1.165, 1.54) is 111 Å². The van der Waals surface area contributed by atoms with Gasteiger partial charge in [-0.05, 0) is 91.1 Å². The molecule has 1 fully saturated rings. The molecular weight excluding hydrogens is 308 g/mol. The fourth-order valence-electron chi connectivity index (χ4n) is 3.88. The van der Waals surface area contributed by atoms with Crippen molar-refractivity contribution in [1.82, 2.24) is 19.6 Å². The Balaban J connectivity index is 2.55. The van der Waals surface area contributed by atoms with Crippen LogP contribution in [0.4, 0.5) is 0 Å². The summed E-state index contributed by atoms with van der Waals surface area (Å²) in [5.74, 6) is 0. The summed E-state index contributed by atoms with van der Waals surface area (Å²) in [5.41, 5.74) is 0. The average molecular weight is 355 g/mol. The standard InChI is InChI=1S/C21H46N4/c1-5-22-14-10-9-11-15-23(6-2)17-13-19-25(8-4)21-20-24(7-3)18-12-16-22/h5-21H2,1-4H3. The van der Waals surface area contributed by atoms with Gasteiger partial charge in [-0.3, -0.25) is 0 Å². The molecule has 25 heavy (non-hydrogen) atoms. The number of hydrogen-bond donors (Lipinski definition) is 0. The van der Waals surface area contributed by atoms with Crippen LogP contribution in [-0.4, -0.2) is 98.1 Å². The molecule has 0 amide bonds. The molecule has 0 saturated carbocycles. The first-order chi connectivity index (χ1) is 12.2. The molecule has 0 unspecified atom stereocenters. The van der Waals surface area contributed by atoms with Gasteiger partial charge < -0.3 is 19.6 Å². The molecule has 4 nitrogen and oxygen atoms in total. The summed E-state index contributed by atoms with van der Waals surface area (Å²) in [6.45, 7) is 24.1. The minimum absolute atomic E-state index is 1.19. The van der Waals surface area contributed by atoms with Gasteiger partial charge in [0.05, 0.1) is 0 Å². The van der Waals surface area contributed by atoms with Gasteiger partial charge in [-0.1, -0.05) is 34.1 Å². The van der Waals surface area contributed by atoms with E-state index in [0.717, 1.165) is 0 Å². The second kappa shape index (κ2) is 15.0. The monoisotopic (exact) mass is 354 g/mol. The highest BCUT2D eigenvalue weighted by atomic mass is 15.2. The van der Waals surface area contributed by atoms with Crippen LogP contribution in [-0.2, 0) is 0 Å². The van der Waals surface area contributed by atoms with Gasteiger partial charge in [-0.15, -0.1) is 0 Å². The van der Waals surface area contributed by atoms with E-state index in [1.807, 2.05) is 0 Å². The Bertz CT molecular complexity index is 270. The molecule has 0 atom stereocenters. The molecule has 1 heterocycles. The lowest BCUT2D eigenvalue weighted by Crippen LogP contribution is -2.38. The van der Waals surface area contributed by atoms with E-state index in [0.29, 0.717) is 0 Å². The number of hydrogen-bond acceptors (Lipinski definition) is 4. The first-order valence-electron chi connectivity index (χ1n) is 11.1. The molecular formula is C21H46N4. The zero-order valence-corrected chi connectivity index (χ0v) is 17.8. The molecule has 4 heteroatoms. The van der Waals surface area contributed by atoms with E-state index >= 15 is 0 Å². The Labute approximate surface area is 158 Å². The van der Waals surface area contributed by atoms with Crippen LogP contribution in [0, 0.1) is 0 Å². The van der Waals surface area contributed by atoms with Crippen LogP contribution in [0.25, 0.3) is 0 Å². The molecule has 1 aliphatic heterocycles. The first-order valence-corrected chi connectivity index (χ1v) is 11.1. The molecule has 1 rings (SSSR count). The average Bonchev–Trinajstić information content (AvgIpc) is 2.64. The Morgan fingerprint density at radius 2 is 0.640 bits per heavy atom. The SMILES string of the molecule is CCN1CCCCCN(CC)CCCN(CC)CCN(CC)CCC1. The quantitative estimate of drug-likeness (QED) is 0.768. The van der Waals surface area contributed by atoms with Crippen LogP contribution >= 0.6 is 0 Å². The van der Waals surface area contributed by atoms with E-state index in [-0.39, 0.29) is 0 Å². The molecule has 0 aromatic heterocycles. The van der Waals surface area contributed by atoms with Gasteiger partial charge in [0, 0.05) is 13.1 Å². The highest BCUT2D eigenvalue weighted by Gasteiger charge is 2.10. The van der Waals surface area contributed by atoms with Crippen molar-refractivity contribution in [2.75, 3.05) is 78.5 Å². The summed E-state index contributed by atoms with van der Waals surface area (Å²) in [6, 6.07) is 0. The van der Waals surface area contributed by atoms with Crippen LogP contribution in [0.1, 0.15) is 59.8 Å². The second-order valence-corrected chi connectivity index (χ2v) is 7.50. The zero-order valence-electron chi connectivity index (χ0n) is 17.8. The van der Waals surface area contributed by atoms with E-state index in [1.54, 1.807) is 0 Å². The van der Waals surface area contributed by atoms with Crippen LogP contribution in [0.3, 0.4) is 0 Å². The van der Waals surface area contributed by atoms with Gasteiger partial charge >= 0.3 is 0 Å². The predicted molar refractivity (Wildman–Crippen MR) is 112 cm³/mol. The fraction of sp³-hybridized carbons (Fsp3) is 1.00. The van der Waals surface area contributed by atoms with Crippen LogP contribution in [0.2, 0.25) is 0 Å². The molecule has 0 spiro atoms.